The number of hydrogen-bond donors (Lipinski definition) is 2. The lowest BCUT2D eigenvalue weighted by molar-refractivity contribution is -0.145. The van der Waals surface area contributed by atoms with Crippen LogP contribution in [0.4, 0.5) is 24.5 Å². The van der Waals surface area contributed by atoms with E-state index < -0.39 is 17.8 Å². The van der Waals surface area contributed by atoms with Gasteiger partial charge in [-0.15, -0.1) is 0 Å². The number of alkyl halides is 3. The van der Waals surface area contributed by atoms with Crippen molar-refractivity contribution in [2.75, 3.05) is 56.0 Å². The lowest BCUT2D eigenvalue weighted by atomic mass is 10.1. The average Bonchev–Trinajstić information content (AvgIpc) is 2.85. The van der Waals surface area contributed by atoms with Crippen LogP contribution in [-0.2, 0) is 20.6 Å². The van der Waals surface area contributed by atoms with Gasteiger partial charge in [0, 0.05) is 50.6 Å². The van der Waals surface area contributed by atoms with Gasteiger partial charge in [0.15, 0.2) is 0 Å². The highest BCUT2D eigenvalue weighted by Gasteiger charge is 2.36. The number of rotatable bonds is 6. The number of halogens is 3. The first kappa shape index (κ1) is 26.5. The van der Waals surface area contributed by atoms with Gasteiger partial charge >= 0.3 is 6.18 Å². The first-order valence-electron chi connectivity index (χ1n) is 12.2. The Morgan fingerprint density at radius 3 is 2.46 bits per heavy atom. The number of nitrogens with zero attached hydrogens (tertiary/aromatic N) is 3. The van der Waals surface area contributed by atoms with E-state index in [1.165, 1.54) is 11.0 Å². The van der Waals surface area contributed by atoms with Crippen LogP contribution in [0, 0.1) is 6.92 Å². The van der Waals surface area contributed by atoms with Gasteiger partial charge in [-0.3, -0.25) is 19.3 Å². The smallest absolute Gasteiger partial charge is 0.369 e. The fourth-order valence-corrected chi connectivity index (χ4v) is 4.65. The van der Waals surface area contributed by atoms with Gasteiger partial charge in [-0.2, -0.15) is 13.2 Å². The summed E-state index contributed by atoms with van der Waals surface area (Å²) in [6.45, 7) is 4.50. The van der Waals surface area contributed by atoms with E-state index in [4.69, 9.17) is 0 Å². The fraction of sp³-hybridized carbons (Fsp3) is 0.423. The van der Waals surface area contributed by atoms with E-state index in [2.05, 4.69) is 10.6 Å². The third-order valence-corrected chi connectivity index (χ3v) is 6.60. The normalized spacial score (nSPS) is 18.9. The van der Waals surface area contributed by atoms with Gasteiger partial charge in [-0.1, -0.05) is 18.2 Å². The summed E-state index contributed by atoms with van der Waals surface area (Å²) in [5.41, 5.74) is 1.41. The Balaban J connectivity index is 1.33. The van der Waals surface area contributed by atoms with Crippen molar-refractivity contribution >= 4 is 29.1 Å². The van der Waals surface area contributed by atoms with Crippen molar-refractivity contribution in [3.05, 3.63) is 59.7 Å². The van der Waals surface area contributed by atoms with E-state index in [0.29, 0.717) is 50.6 Å². The minimum atomic E-state index is -4.40. The van der Waals surface area contributed by atoms with Gasteiger partial charge in [0.1, 0.15) is 6.04 Å². The molecular formula is C26H30F3N5O3. The van der Waals surface area contributed by atoms with Gasteiger partial charge in [-0.05, 0) is 42.8 Å². The fourth-order valence-electron chi connectivity index (χ4n) is 4.65. The molecule has 11 heteroatoms. The standard InChI is InChI=1S/C26H30F3N5O3/c1-18-4-2-6-20(14-18)31-23(35)16-22-25(37)30-8-9-34(22)24(36)17-32-10-12-33(13-11-32)21-7-3-5-19(15-21)26(27,28)29/h2-7,14-15,22H,8-13,16-17H2,1H3,(H,30,37)(H,31,35). The lowest BCUT2D eigenvalue weighted by Gasteiger charge is -2.39. The molecule has 0 aliphatic carbocycles. The highest BCUT2D eigenvalue weighted by molar-refractivity contribution is 5.97. The lowest BCUT2D eigenvalue weighted by Crippen LogP contribution is -2.60. The van der Waals surface area contributed by atoms with E-state index in [9.17, 15) is 27.6 Å². The number of hydrogen-bond acceptors (Lipinski definition) is 5. The molecule has 2 heterocycles. The number of carbonyl (C=O) groups excluding carboxylic acids is 3. The third-order valence-electron chi connectivity index (χ3n) is 6.60. The van der Waals surface area contributed by atoms with Crippen LogP contribution in [0.2, 0.25) is 0 Å². The molecule has 0 spiro atoms. The number of carbonyl (C=O) groups is 3. The summed E-state index contributed by atoms with van der Waals surface area (Å²) in [7, 11) is 0. The zero-order chi connectivity index (χ0) is 26.6. The average molecular weight is 518 g/mol. The summed E-state index contributed by atoms with van der Waals surface area (Å²) in [4.78, 5) is 43.6. The maximum atomic E-state index is 13.1. The Morgan fingerprint density at radius 2 is 1.76 bits per heavy atom. The highest BCUT2D eigenvalue weighted by atomic mass is 19.4. The molecule has 0 radical (unpaired) electrons. The van der Waals surface area contributed by atoms with Gasteiger partial charge < -0.3 is 20.4 Å². The summed E-state index contributed by atoms with van der Waals surface area (Å²) in [6, 6.07) is 11.6. The second-order valence-electron chi connectivity index (χ2n) is 9.33. The molecule has 2 saturated heterocycles. The molecule has 2 fully saturated rings. The second-order valence-corrected chi connectivity index (χ2v) is 9.33. The second kappa shape index (κ2) is 11.2. The molecule has 2 aliphatic heterocycles. The Morgan fingerprint density at radius 1 is 1.03 bits per heavy atom. The van der Waals surface area contributed by atoms with E-state index in [1.54, 1.807) is 12.1 Å². The van der Waals surface area contributed by atoms with Gasteiger partial charge in [0.25, 0.3) is 0 Å². The van der Waals surface area contributed by atoms with Crippen molar-refractivity contribution in [2.45, 2.75) is 25.6 Å². The molecule has 8 nitrogen and oxygen atoms in total. The molecule has 198 valence electrons. The van der Waals surface area contributed by atoms with Crippen LogP contribution in [0.25, 0.3) is 0 Å². The first-order chi connectivity index (χ1) is 17.6. The summed E-state index contributed by atoms with van der Waals surface area (Å²) < 4.78 is 39.2. The predicted octanol–water partition coefficient (Wildman–Crippen LogP) is 2.49. The van der Waals surface area contributed by atoms with Crippen LogP contribution < -0.4 is 15.5 Å². The number of nitrogens with one attached hydrogen (secondary N) is 2. The molecule has 0 saturated carbocycles. The minimum absolute atomic E-state index is 0.0692. The molecule has 2 aromatic rings. The number of aryl methyl sites for hydroxylation is 1. The molecule has 37 heavy (non-hydrogen) atoms. The van der Waals surface area contributed by atoms with Crippen molar-refractivity contribution in [2.24, 2.45) is 0 Å². The van der Waals surface area contributed by atoms with Crippen molar-refractivity contribution in [1.82, 2.24) is 15.1 Å². The van der Waals surface area contributed by atoms with Crippen LogP contribution in [-0.4, -0.2) is 79.4 Å². The van der Waals surface area contributed by atoms with E-state index in [1.807, 2.05) is 34.9 Å². The number of benzene rings is 2. The summed E-state index contributed by atoms with van der Waals surface area (Å²) in [6.07, 6.45) is -4.56. The molecule has 2 aliphatic rings. The van der Waals surface area contributed by atoms with E-state index in [0.717, 1.165) is 17.7 Å². The molecule has 0 aromatic heterocycles. The van der Waals surface area contributed by atoms with Gasteiger partial charge in [0.2, 0.25) is 17.7 Å². The Hall–Kier alpha value is -3.60. The van der Waals surface area contributed by atoms with Crippen LogP contribution in [0.5, 0.6) is 0 Å². The largest absolute Gasteiger partial charge is 0.416 e. The molecule has 4 rings (SSSR count). The SMILES string of the molecule is Cc1cccc(NC(=O)CC2C(=O)NCCN2C(=O)CN2CCN(c3cccc(C(F)(F)F)c3)CC2)c1. The van der Waals surface area contributed by atoms with Crippen LogP contribution in [0.1, 0.15) is 17.5 Å². The zero-order valence-corrected chi connectivity index (χ0v) is 20.6. The van der Waals surface area contributed by atoms with Crippen molar-refractivity contribution in [3.63, 3.8) is 0 Å². The molecule has 0 bridgehead atoms. The highest BCUT2D eigenvalue weighted by Crippen LogP contribution is 2.32. The van der Waals surface area contributed by atoms with Gasteiger partial charge in [0.05, 0.1) is 18.5 Å². The quantitative estimate of drug-likeness (QED) is 0.615. The summed E-state index contributed by atoms with van der Waals surface area (Å²) >= 11 is 0. The Labute approximate surface area is 213 Å². The number of anilines is 2. The third kappa shape index (κ3) is 6.79. The Kier molecular flexibility index (Phi) is 8.01. The molecule has 1 unspecified atom stereocenters. The molecule has 2 aromatic carbocycles. The molecule has 1 atom stereocenters. The molecule has 3 amide bonds. The van der Waals surface area contributed by atoms with Crippen molar-refractivity contribution in [1.29, 1.82) is 0 Å². The zero-order valence-electron chi connectivity index (χ0n) is 20.6. The van der Waals surface area contributed by atoms with Crippen LogP contribution in [0.3, 0.4) is 0 Å². The number of piperazine rings is 2. The summed E-state index contributed by atoms with van der Waals surface area (Å²) in [5.74, 6) is -0.982. The van der Waals surface area contributed by atoms with Crippen molar-refractivity contribution < 1.29 is 27.6 Å². The maximum Gasteiger partial charge on any atom is 0.416 e. The monoisotopic (exact) mass is 517 g/mol. The Bertz CT molecular complexity index is 1150. The van der Waals surface area contributed by atoms with Crippen LogP contribution >= 0.6 is 0 Å². The van der Waals surface area contributed by atoms with E-state index in [-0.39, 0.29) is 30.7 Å². The van der Waals surface area contributed by atoms with E-state index >= 15 is 0 Å². The van der Waals surface area contributed by atoms with Crippen molar-refractivity contribution in [3.8, 4) is 0 Å². The molecule has 2 N–H and O–H groups in total. The number of amides is 3. The summed E-state index contributed by atoms with van der Waals surface area (Å²) in [5, 5.41) is 5.51. The maximum absolute atomic E-state index is 13.1. The minimum Gasteiger partial charge on any atom is -0.369 e. The molecular weight excluding hydrogens is 487 g/mol. The first-order valence-corrected chi connectivity index (χ1v) is 12.2. The predicted molar refractivity (Wildman–Crippen MR) is 133 cm³/mol. The van der Waals surface area contributed by atoms with Crippen LogP contribution in [0.15, 0.2) is 48.5 Å². The topological polar surface area (TPSA) is 85.0 Å². The van der Waals surface area contributed by atoms with Gasteiger partial charge in [-0.25, -0.2) is 0 Å².